The number of aliphatic hydroxyl groups is 1. The Bertz CT molecular complexity index is 830. The van der Waals surface area contributed by atoms with Gasteiger partial charge in [0.05, 0.1) is 11.4 Å². The fraction of sp³-hybridized carbons (Fsp3) is 0.381. The summed E-state index contributed by atoms with van der Waals surface area (Å²) in [7, 11) is 1.57. The number of thioether (sulfide) groups is 1. The minimum absolute atomic E-state index is 0.220. The highest BCUT2D eigenvalue weighted by Crippen LogP contribution is 2.50. The van der Waals surface area contributed by atoms with E-state index in [1.807, 2.05) is 18.0 Å². The molecule has 2 aliphatic rings. The highest BCUT2D eigenvalue weighted by molar-refractivity contribution is 8.01. The van der Waals surface area contributed by atoms with E-state index in [-0.39, 0.29) is 11.4 Å². The topological polar surface area (TPSA) is 41.8 Å². The second kappa shape index (κ2) is 7.22. The third-order valence-electron chi connectivity index (χ3n) is 5.18. The number of rotatable bonds is 5. The SMILES string of the molecule is CON=CCCC1=C(c2ccc3ccccc3c2)CC2CC(O)C1S2. The third-order valence-corrected chi connectivity index (χ3v) is 6.81. The van der Waals surface area contributed by atoms with E-state index in [0.717, 1.165) is 25.7 Å². The van der Waals surface area contributed by atoms with E-state index in [9.17, 15) is 5.11 Å². The minimum Gasteiger partial charge on any atom is -0.399 e. The molecule has 2 heterocycles. The first-order valence-electron chi connectivity index (χ1n) is 8.86. The van der Waals surface area contributed by atoms with Crippen molar-refractivity contribution in [2.24, 2.45) is 5.16 Å². The maximum Gasteiger partial charge on any atom is 0.106 e. The largest absolute Gasteiger partial charge is 0.399 e. The van der Waals surface area contributed by atoms with E-state index in [1.165, 1.54) is 27.5 Å². The van der Waals surface area contributed by atoms with Gasteiger partial charge in [-0.2, -0.15) is 0 Å². The average Bonchev–Trinajstić information content (AvgIpc) is 2.94. The summed E-state index contributed by atoms with van der Waals surface area (Å²) >= 11 is 1.95. The van der Waals surface area contributed by atoms with Gasteiger partial charge in [0.1, 0.15) is 7.11 Å². The van der Waals surface area contributed by atoms with Gasteiger partial charge in [-0.3, -0.25) is 0 Å². The molecular weight excluding hydrogens is 330 g/mol. The molecule has 25 heavy (non-hydrogen) atoms. The van der Waals surface area contributed by atoms with Gasteiger partial charge in [0.25, 0.3) is 0 Å². The molecule has 2 bridgehead atoms. The first-order valence-corrected chi connectivity index (χ1v) is 9.80. The molecule has 1 saturated heterocycles. The first kappa shape index (κ1) is 16.7. The summed E-state index contributed by atoms with van der Waals surface area (Å²) in [6.45, 7) is 0. The smallest absolute Gasteiger partial charge is 0.106 e. The molecule has 2 aromatic rings. The first-order chi connectivity index (χ1) is 12.3. The van der Waals surface area contributed by atoms with Crippen LogP contribution >= 0.6 is 11.8 Å². The van der Waals surface area contributed by atoms with Crippen LogP contribution in [-0.4, -0.2) is 35.0 Å². The lowest BCUT2D eigenvalue weighted by molar-refractivity contribution is 0.180. The lowest BCUT2D eigenvalue weighted by Crippen LogP contribution is -2.21. The summed E-state index contributed by atoms with van der Waals surface area (Å²) in [5.74, 6) is 0. The van der Waals surface area contributed by atoms with Crippen LogP contribution in [0.5, 0.6) is 0 Å². The van der Waals surface area contributed by atoms with Crippen molar-refractivity contribution in [2.45, 2.75) is 42.3 Å². The number of nitrogens with zero attached hydrogens (tertiary/aromatic N) is 1. The van der Waals surface area contributed by atoms with Gasteiger partial charge in [-0.05, 0) is 53.7 Å². The average molecular weight is 353 g/mol. The fourth-order valence-corrected chi connectivity index (χ4v) is 5.75. The van der Waals surface area contributed by atoms with Crippen molar-refractivity contribution in [2.75, 3.05) is 7.11 Å². The molecule has 0 aliphatic carbocycles. The molecular formula is C21H23NO2S. The Morgan fingerprint density at radius 2 is 2.08 bits per heavy atom. The Morgan fingerprint density at radius 1 is 1.24 bits per heavy atom. The number of hydrogen-bond acceptors (Lipinski definition) is 4. The monoisotopic (exact) mass is 353 g/mol. The van der Waals surface area contributed by atoms with Gasteiger partial charge >= 0.3 is 0 Å². The van der Waals surface area contributed by atoms with Crippen molar-refractivity contribution in [3.63, 3.8) is 0 Å². The van der Waals surface area contributed by atoms with Crippen molar-refractivity contribution < 1.29 is 9.94 Å². The molecule has 0 spiro atoms. The van der Waals surface area contributed by atoms with Crippen LogP contribution in [0.25, 0.3) is 16.3 Å². The Balaban J connectivity index is 1.73. The van der Waals surface area contributed by atoms with Gasteiger partial charge in [0.15, 0.2) is 0 Å². The number of fused-ring (bicyclic) bond motifs is 3. The number of allylic oxidation sites excluding steroid dienone is 1. The molecule has 3 atom stereocenters. The van der Waals surface area contributed by atoms with Gasteiger partial charge in [0, 0.05) is 11.5 Å². The van der Waals surface area contributed by atoms with Crippen molar-refractivity contribution >= 4 is 34.3 Å². The second-order valence-corrected chi connectivity index (χ2v) is 8.21. The Labute approximate surface area is 152 Å². The normalized spacial score (nSPS) is 25.9. The number of aliphatic hydroxyl groups excluding tert-OH is 1. The highest BCUT2D eigenvalue weighted by atomic mass is 32.2. The fourth-order valence-electron chi connectivity index (χ4n) is 4.04. The zero-order valence-electron chi connectivity index (χ0n) is 14.4. The Morgan fingerprint density at radius 3 is 2.92 bits per heavy atom. The Kier molecular flexibility index (Phi) is 4.82. The van der Waals surface area contributed by atoms with E-state index in [2.05, 4.69) is 47.6 Å². The molecule has 0 radical (unpaired) electrons. The molecule has 0 saturated carbocycles. The molecule has 1 N–H and O–H groups in total. The number of benzene rings is 2. The van der Waals surface area contributed by atoms with Crippen LogP contribution in [0.15, 0.2) is 53.2 Å². The van der Waals surface area contributed by atoms with E-state index < -0.39 is 0 Å². The van der Waals surface area contributed by atoms with Crippen LogP contribution in [0.4, 0.5) is 0 Å². The van der Waals surface area contributed by atoms with Crippen LogP contribution in [0, 0.1) is 0 Å². The van der Waals surface area contributed by atoms with Crippen molar-refractivity contribution in [3.05, 3.63) is 53.6 Å². The summed E-state index contributed by atoms with van der Waals surface area (Å²) in [6, 6.07) is 15.2. The molecule has 3 nitrogen and oxygen atoms in total. The zero-order chi connectivity index (χ0) is 17.2. The molecule has 2 aliphatic heterocycles. The van der Waals surface area contributed by atoms with Crippen LogP contribution in [0.1, 0.15) is 31.2 Å². The minimum atomic E-state index is -0.220. The van der Waals surface area contributed by atoms with E-state index >= 15 is 0 Å². The summed E-state index contributed by atoms with van der Waals surface area (Å²) in [4.78, 5) is 4.77. The van der Waals surface area contributed by atoms with E-state index in [4.69, 9.17) is 4.84 Å². The standard InChI is InChI=1S/C21H23NO2S/c1-24-22-10-4-7-18-19(12-17-13-20(23)21(18)25-17)16-9-8-14-5-2-3-6-15(14)11-16/h2-3,5-6,8-11,17,20-21,23H,4,7,12-13H2,1H3. The molecule has 2 aromatic carbocycles. The molecule has 130 valence electrons. The number of hydrogen-bond donors (Lipinski definition) is 1. The van der Waals surface area contributed by atoms with Crippen LogP contribution in [-0.2, 0) is 4.84 Å². The highest BCUT2D eigenvalue weighted by Gasteiger charge is 2.41. The van der Waals surface area contributed by atoms with Crippen molar-refractivity contribution in [1.29, 1.82) is 0 Å². The predicted octanol–water partition coefficient (Wildman–Crippen LogP) is 4.64. The van der Waals surface area contributed by atoms with Crippen LogP contribution in [0.3, 0.4) is 0 Å². The van der Waals surface area contributed by atoms with Gasteiger partial charge in [-0.15, -0.1) is 11.8 Å². The third kappa shape index (κ3) is 3.33. The van der Waals surface area contributed by atoms with Crippen LogP contribution < -0.4 is 0 Å². The molecule has 0 aromatic heterocycles. The lowest BCUT2D eigenvalue weighted by atomic mass is 9.91. The van der Waals surface area contributed by atoms with Crippen molar-refractivity contribution in [3.8, 4) is 0 Å². The second-order valence-electron chi connectivity index (χ2n) is 6.76. The quantitative estimate of drug-likeness (QED) is 0.629. The molecule has 4 rings (SSSR count). The van der Waals surface area contributed by atoms with Gasteiger partial charge < -0.3 is 9.94 Å². The summed E-state index contributed by atoms with van der Waals surface area (Å²) in [6.07, 6.45) is 5.33. The van der Waals surface area contributed by atoms with Crippen molar-refractivity contribution in [1.82, 2.24) is 0 Å². The maximum absolute atomic E-state index is 10.5. The van der Waals surface area contributed by atoms with Gasteiger partial charge in [0.2, 0.25) is 0 Å². The molecule has 1 fully saturated rings. The number of oxime groups is 1. The lowest BCUT2D eigenvalue weighted by Gasteiger charge is -2.27. The maximum atomic E-state index is 10.5. The van der Waals surface area contributed by atoms with Crippen LogP contribution in [0.2, 0.25) is 0 Å². The summed E-state index contributed by atoms with van der Waals surface area (Å²) in [5, 5.41) is 17.7. The molecule has 4 heteroatoms. The van der Waals surface area contributed by atoms with E-state index in [0.29, 0.717) is 5.25 Å². The summed E-state index contributed by atoms with van der Waals surface area (Å²) < 4.78 is 0. The van der Waals surface area contributed by atoms with E-state index in [1.54, 1.807) is 7.11 Å². The van der Waals surface area contributed by atoms with Gasteiger partial charge in [-0.25, -0.2) is 0 Å². The molecule has 3 unspecified atom stereocenters. The molecule has 0 amide bonds. The van der Waals surface area contributed by atoms with Gasteiger partial charge in [-0.1, -0.05) is 47.1 Å². The predicted molar refractivity (Wildman–Crippen MR) is 106 cm³/mol. The zero-order valence-corrected chi connectivity index (χ0v) is 15.2. The summed E-state index contributed by atoms with van der Waals surface area (Å²) in [5.41, 5.74) is 4.13. The Hall–Kier alpha value is -1.78.